The summed E-state index contributed by atoms with van der Waals surface area (Å²) in [5, 5.41) is 4.75. The zero-order valence-corrected chi connectivity index (χ0v) is 14.8. The summed E-state index contributed by atoms with van der Waals surface area (Å²) in [5.74, 6) is 1.57. The number of rotatable bonds is 4. The largest absolute Gasteiger partial charge is 0.342 e. The van der Waals surface area contributed by atoms with E-state index >= 15 is 0 Å². The lowest BCUT2D eigenvalue weighted by atomic mass is 9.96. The average molecular weight is 348 g/mol. The van der Waals surface area contributed by atoms with Crippen LogP contribution in [-0.4, -0.2) is 34.0 Å². The first-order valence-corrected chi connectivity index (χ1v) is 8.84. The Balaban J connectivity index is 1.72. The summed E-state index contributed by atoms with van der Waals surface area (Å²) < 4.78 is 5.47. The topological polar surface area (TPSA) is 59.2 Å². The molecule has 0 aliphatic carbocycles. The van der Waals surface area contributed by atoms with Crippen LogP contribution in [0, 0.1) is 5.92 Å². The van der Waals surface area contributed by atoms with Gasteiger partial charge in [-0.2, -0.15) is 4.98 Å². The highest BCUT2D eigenvalue weighted by molar-refractivity contribution is 6.30. The van der Waals surface area contributed by atoms with E-state index in [0.29, 0.717) is 23.3 Å². The van der Waals surface area contributed by atoms with Crippen LogP contribution in [-0.2, 0) is 4.79 Å². The maximum Gasteiger partial charge on any atom is 0.231 e. The molecule has 1 saturated heterocycles. The highest BCUT2D eigenvalue weighted by Crippen LogP contribution is 2.28. The van der Waals surface area contributed by atoms with Gasteiger partial charge >= 0.3 is 0 Å². The van der Waals surface area contributed by atoms with Crippen LogP contribution in [0.25, 0.3) is 11.4 Å². The van der Waals surface area contributed by atoms with E-state index in [1.54, 1.807) is 12.1 Å². The summed E-state index contributed by atoms with van der Waals surface area (Å²) in [4.78, 5) is 18.9. The summed E-state index contributed by atoms with van der Waals surface area (Å²) in [5.41, 5.74) is 0.873. The number of benzene rings is 1. The SMILES string of the molecule is CC[C@@H](C)C(=O)N1CCC[C@H](c2nc(-c3ccc(Cl)cc3)no2)C1. The summed E-state index contributed by atoms with van der Waals surface area (Å²) >= 11 is 5.91. The molecule has 24 heavy (non-hydrogen) atoms. The van der Waals surface area contributed by atoms with Gasteiger partial charge in [0.2, 0.25) is 17.6 Å². The van der Waals surface area contributed by atoms with Crippen molar-refractivity contribution in [2.24, 2.45) is 5.92 Å². The number of likely N-dealkylation sites (tertiary alicyclic amines) is 1. The van der Waals surface area contributed by atoms with E-state index in [-0.39, 0.29) is 17.7 Å². The standard InChI is InChI=1S/C18H22ClN3O2/c1-3-12(2)18(23)22-10-4-5-14(11-22)17-20-16(21-24-17)13-6-8-15(19)9-7-13/h6-9,12,14H,3-5,10-11H2,1-2H3/t12-,14+/m1/s1. The van der Waals surface area contributed by atoms with Crippen molar-refractivity contribution < 1.29 is 9.32 Å². The van der Waals surface area contributed by atoms with Crippen LogP contribution >= 0.6 is 11.6 Å². The second-order valence-electron chi connectivity index (χ2n) is 6.40. The first kappa shape index (κ1) is 17.0. The molecule has 1 amide bonds. The van der Waals surface area contributed by atoms with Crippen molar-refractivity contribution in [1.82, 2.24) is 15.0 Å². The van der Waals surface area contributed by atoms with Crippen LogP contribution in [0.2, 0.25) is 5.02 Å². The molecular weight excluding hydrogens is 326 g/mol. The van der Waals surface area contributed by atoms with Crippen LogP contribution in [0.4, 0.5) is 0 Å². The number of hydrogen-bond acceptors (Lipinski definition) is 4. The van der Waals surface area contributed by atoms with Crippen molar-refractivity contribution in [2.75, 3.05) is 13.1 Å². The third-order valence-corrected chi connectivity index (χ3v) is 4.91. The molecule has 1 aromatic heterocycles. The molecule has 2 heterocycles. The average Bonchev–Trinajstić information content (AvgIpc) is 3.11. The van der Waals surface area contributed by atoms with Gasteiger partial charge in [-0.15, -0.1) is 0 Å². The Kier molecular flexibility index (Phi) is 5.19. The molecule has 128 valence electrons. The molecule has 0 saturated carbocycles. The quantitative estimate of drug-likeness (QED) is 0.833. The third kappa shape index (κ3) is 3.61. The Labute approximate surface area is 147 Å². The van der Waals surface area contributed by atoms with E-state index in [4.69, 9.17) is 16.1 Å². The first-order chi connectivity index (χ1) is 11.6. The van der Waals surface area contributed by atoms with Gasteiger partial charge in [-0.1, -0.05) is 30.6 Å². The van der Waals surface area contributed by atoms with E-state index in [0.717, 1.165) is 31.4 Å². The van der Waals surface area contributed by atoms with Crippen molar-refractivity contribution in [3.63, 3.8) is 0 Å². The van der Waals surface area contributed by atoms with Crippen LogP contribution < -0.4 is 0 Å². The number of carbonyl (C=O) groups excluding carboxylic acids is 1. The van der Waals surface area contributed by atoms with Gasteiger partial charge in [0.25, 0.3) is 0 Å². The Morgan fingerprint density at radius 1 is 1.42 bits per heavy atom. The minimum absolute atomic E-state index is 0.0658. The minimum atomic E-state index is 0.0658. The Morgan fingerprint density at radius 3 is 2.88 bits per heavy atom. The molecule has 5 nitrogen and oxygen atoms in total. The molecular formula is C18H22ClN3O2. The third-order valence-electron chi connectivity index (χ3n) is 4.66. The molecule has 1 aromatic carbocycles. The van der Waals surface area contributed by atoms with E-state index in [2.05, 4.69) is 10.1 Å². The number of nitrogens with zero attached hydrogens (tertiary/aromatic N) is 3. The van der Waals surface area contributed by atoms with Gasteiger partial charge in [0.05, 0.1) is 5.92 Å². The van der Waals surface area contributed by atoms with Crippen molar-refractivity contribution in [1.29, 1.82) is 0 Å². The molecule has 1 aliphatic heterocycles. The fourth-order valence-electron chi connectivity index (χ4n) is 2.98. The Hall–Kier alpha value is -1.88. The number of piperidine rings is 1. The molecule has 0 N–H and O–H groups in total. The zero-order valence-electron chi connectivity index (χ0n) is 14.0. The second kappa shape index (κ2) is 7.34. The van der Waals surface area contributed by atoms with Crippen LogP contribution in [0.5, 0.6) is 0 Å². The fourth-order valence-corrected chi connectivity index (χ4v) is 3.11. The number of aromatic nitrogens is 2. The van der Waals surface area contributed by atoms with Gasteiger partial charge < -0.3 is 9.42 Å². The molecule has 3 rings (SSSR count). The number of carbonyl (C=O) groups is 1. The van der Waals surface area contributed by atoms with E-state index in [1.165, 1.54) is 0 Å². The van der Waals surface area contributed by atoms with E-state index in [1.807, 2.05) is 30.9 Å². The molecule has 0 bridgehead atoms. The first-order valence-electron chi connectivity index (χ1n) is 8.46. The van der Waals surface area contributed by atoms with Crippen molar-refractivity contribution >= 4 is 17.5 Å². The minimum Gasteiger partial charge on any atom is -0.342 e. The lowest BCUT2D eigenvalue weighted by Gasteiger charge is -2.32. The summed E-state index contributed by atoms with van der Waals surface area (Å²) in [6.07, 6.45) is 2.79. The molecule has 2 aromatic rings. The lowest BCUT2D eigenvalue weighted by Crippen LogP contribution is -2.41. The van der Waals surface area contributed by atoms with Gasteiger partial charge in [0, 0.05) is 29.6 Å². The van der Waals surface area contributed by atoms with Gasteiger partial charge in [-0.3, -0.25) is 4.79 Å². The van der Waals surface area contributed by atoms with Gasteiger partial charge in [-0.25, -0.2) is 0 Å². The Morgan fingerprint density at radius 2 is 2.17 bits per heavy atom. The highest BCUT2D eigenvalue weighted by Gasteiger charge is 2.30. The lowest BCUT2D eigenvalue weighted by molar-refractivity contribution is -0.136. The van der Waals surface area contributed by atoms with Crippen molar-refractivity contribution in [3.8, 4) is 11.4 Å². The predicted octanol–water partition coefficient (Wildman–Crippen LogP) is 4.14. The maximum absolute atomic E-state index is 12.4. The van der Waals surface area contributed by atoms with Crippen molar-refractivity contribution in [2.45, 2.75) is 39.0 Å². The summed E-state index contributed by atoms with van der Waals surface area (Å²) in [7, 11) is 0. The molecule has 1 aliphatic rings. The van der Waals surface area contributed by atoms with Gasteiger partial charge in [-0.05, 0) is 43.5 Å². The molecule has 0 spiro atoms. The van der Waals surface area contributed by atoms with Gasteiger partial charge in [0.15, 0.2) is 0 Å². The fraction of sp³-hybridized carbons (Fsp3) is 0.500. The maximum atomic E-state index is 12.4. The summed E-state index contributed by atoms with van der Waals surface area (Å²) in [6, 6.07) is 7.35. The summed E-state index contributed by atoms with van der Waals surface area (Å²) in [6.45, 7) is 5.50. The molecule has 6 heteroatoms. The van der Waals surface area contributed by atoms with E-state index in [9.17, 15) is 4.79 Å². The smallest absolute Gasteiger partial charge is 0.231 e. The molecule has 1 fully saturated rings. The second-order valence-corrected chi connectivity index (χ2v) is 6.83. The normalized spacial score (nSPS) is 19.3. The van der Waals surface area contributed by atoms with Crippen LogP contribution in [0.3, 0.4) is 0 Å². The van der Waals surface area contributed by atoms with Gasteiger partial charge in [0.1, 0.15) is 0 Å². The monoisotopic (exact) mass is 347 g/mol. The molecule has 2 atom stereocenters. The number of halogens is 1. The van der Waals surface area contributed by atoms with E-state index < -0.39 is 0 Å². The number of hydrogen-bond donors (Lipinski definition) is 0. The predicted molar refractivity (Wildman–Crippen MR) is 92.8 cm³/mol. The van der Waals surface area contributed by atoms with Crippen LogP contribution in [0.15, 0.2) is 28.8 Å². The zero-order chi connectivity index (χ0) is 17.1. The Bertz CT molecular complexity index is 699. The number of amides is 1. The van der Waals surface area contributed by atoms with Crippen LogP contribution in [0.1, 0.15) is 44.9 Å². The highest BCUT2D eigenvalue weighted by atomic mass is 35.5. The molecule has 0 unspecified atom stereocenters. The molecule has 0 radical (unpaired) electrons. The van der Waals surface area contributed by atoms with Crippen molar-refractivity contribution in [3.05, 3.63) is 35.2 Å².